The van der Waals surface area contributed by atoms with Gasteiger partial charge >= 0.3 is 0 Å². The van der Waals surface area contributed by atoms with Crippen LogP contribution in [0.5, 0.6) is 11.5 Å². The third-order valence-electron chi connectivity index (χ3n) is 3.16. The summed E-state index contributed by atoms with van der Waals surface area (Å²) >= 11 is 0. The van der Waals surface area contributed by atoms with Crippen LogP contribution < -0.4 is 14.8 Å². The summed E-state index contributed by atoms with van der Waals surface area (Å²) in [5.74, 6) is 1.34. The van der Waals surface area contributed by atoms with Gasteiger partial charge in [-0.25, -0.2) is 0 Å². The second-order valence-electron chi connectivity index (χ2n) is 4.57. The maximum absolute atomic E-state index is 12.0. The molecule has 2 aromatic carbocycles. The highest BCUT2D eigenvalue weighted by atomic mass is 16.5. The number of carbonyl (C=O) groups is 1. The number of amides is 1. The van der Waals surface area contributed by atoms with E-state index in [0.29, 0.717) is 24.3 Å². The summed E-state index contributed by atoms with van der Waals surface area (Å²) in [5, 5.41) is 2.87. The van der Waals surface area contributed by atoms with Gasteiger partial charge in [0.25, 0.3) is 0 Å². The van der Waals surface area contributed by atoms with Crippen LogP contribution in [0.15, 0.2) is 48.5 Å². The van der Waals surface area contributed by atoms with Crippen molar-refractivity contribution in [2.24, 2.45) is 0 Å². The molecule has 4 nitrogen and oxygen atoms in total. The Hall–Kier alpha value is -2.49. The smallest absolute Gasteiger partial charge is 0.224 e. The van der Waals surface area contributed by atoms with E-state index in [-0.39, 0.29) is 5.91 Å². The number of benzene rings is 2. The minimum Gasteiger partial charge on any atom is -0.493 e. The second-order valence-corrected chi connectivity index (χ2v) is 4.57. The van der Waals surface area contributed by atoms with Gasteiger partial charge in [-0.15, -0.1) is 0 Å². The largest absolute Gasteiger partial charge is 0.493 e. The summed E-state index contributed by atoms with van der Waals surface area (Å²) in [6.45, 7) is 0. The molecule has 0 unspecified atom stereocenters. The molecule has 2 rings (SSSR count). The molecule has 0 spiro atoms. The van der Waals surface area contributed by atoms with Crippen molar-refractivity contribution in [2.45, 2.75) is 12.8 Å². The van der Waals surface area contributed by atoms with Crippen LogP contribution in [0.25, 0.3) is 0 Å². The van der Waals surface area contributed by atoms with E-state index in [1.807, 2.05) is 48.5 Å². The average molecular weight is 285 g/mol. The van der Waals surface area contributed by atoms with Crippen molar-refractivity contribution < 1.29 is 14.3 Å². The molecule has 1 N–H and O–H groups in total. The van der Waals surface area contributed by atoms with E-state index >= 15 is 0 Å². The van der Waals surface area contributed by atoms with Crippen LogP contribution in [-0.2, 0) is 11.2 Å². The number of anilines is 1. The Kier molecular flexibility index (Phi) is 5.21. The summed E-state index contributed by atoms with van der Waals surface area (Å²) in [5.41, 5.74) is 1.76. The first-order chi connectivity index (χ1) is 10.2. The maximum atomic E-state index is 12.0. The van der Waals surface area contributed by atoms with Crippen LogP contribution in [0.3, 0.4) is 0 Å². The van der Waals surface area contributed by atoms with Gasteiger partial charge in [-0.1, -0.05) is 30.3 Å². The lowest BCUT2D eigenvalue weighted by atomic mass is 10.1. The number of nitrogens with one attached hydrogen (secondary N) is 1. The Bertz CT molecular complexity index is 596. The van der Waals surface area contributed by atoms with Crippen molar-refractivity contribution in [3.05, 3.63) is 54.1 Å². The van der Waals surface area contributed by atoms with Crippen LogP contribution in [0.1, 0.15) is 12.0 Å². The van der Waals surface area contributed by atoms with Gasteiger partial charge in [0.2, 0.25) is 5.91 Å². The van der Waals surface area contributed by atoms with Crippen molar-refractivity contribution in [1.82, 2.24) is 0 Å². The topological polar surface area (TPSA) is 47.6 Å². The monoisotopic (exact) mass is 285 g/mol. The molecule has 0 radical (unpaired) electrons. The lowest BCUT2D eigenvalue weighted by Crippen LogP contribution is -2.12. The van der Waals surface area contributed by atoms with Crippen LogP contribution in [0.2, 0.25) is 0 Å². The fraction of sp³-hybridized carbons (Fsp3) is 0.235. The van der Waals surface area contributed by atoms with E-state index in [0.717, 1.165) is 11.3 Å². The van der Waals surface area contributed by atoms with E-state index in [2.05, 4.69) is 5.32 Å². The van der Waals surface area contributed by atoms with E-state index < -0.39 is 0 Å². The van der Waals surface area contributed by atoms with E-state index in [1.54, 1.807) is 14.2 Å². The number of ether oxygens (including phenoxy) is 2. The van der Waals surface area contributed by atoms with E-state index in [4.69, 9.17) is 9.47 Å². The van der Waals surface area contributed by atoms with Crippen LogP contribution >= 0.6 is 0 Å². The van der Waals surface area contributed by atoms with Crippen molar-refractivity contribution in [2.75, 3.05) is 19.5 Å². The molecule has 0 aliphatic heterocycles. The number of carbonyl (C=O) groups excluding carboxylic acids is 1. The third kappa shape index (κ3) is 3.99. The molecular formula is C17H19NO3. The highest BCUT2D eigenvalue weighted by molar-refractivity contribution is 5.90. The van der Waals surface area contributed by atoms with Gasteiger partial charge in [-0.3, -0.25) is 4.79 Å². The molecule has 2 aromatic rings. The quantitative estimate of drug-likeness (QED) is 0.886. The minimum absolute atomic E-state index is 0.0222. The molecule has 0 saturated carbocycles. The van der Waals surface area contributed by atoms with Crippen LogP contribution in [0.4, 0.5) is 5.69 Å². The van der Waals surface area contributed by atoms with E-state index in [9.17, 15) is 4.79 Å². The Balaban J connectivity index is 1.98. The summed E-state index contributed by atoms with van der Waals surface area (Å²) in [6.07, 6.45) is 0.984. The third-order valence-corrected chi connectivity index (χ3v) is 3.16. The molecule has 4 heteroatoms. The van der Waals surface area contributed by atoms with Gasteiger partial charge in [0.15, 0.2) is 11.5 Å². The zero-order chi connectivity index (χ0) is 15.1. The Labute approximate surface area is 124 Å². The zero-order valence-electron chi connectivity index (χ0n) is 12.3. The summed E-state index contributed by atoms with van der Waals surface area (Å²) in [7, 11) is 3.20. The molecule has 110 valence electrons. The summed E-state index contributed by atoms with van der Waals surface area (Å²) in [4.78, 5) is 12.0. The Morgan fingerprint density at radius 3 is 2.43 bits per heavy atom. The van der Waals surface area contributed by atoms with Gasteiger partial charge in [0.1, 0.15) is 0 Å². The van der Waals surface area contributed by atoms with Gasteiger partial charge in [0, 0.05) is 12.1 Å². The second kappa shape index (κ2) is 7.33. The predicted molar refractivity (Wildman–Crippen MR) is 82.9 cm³/mol. The van der Waals surface area contributed by atoms with Crippen molar-refractivity contribution in [3.8, 4) is 11.5 Å². The summed E-state index contributed by atoms with van der Waals surface area (Å²) < 4.78 is 10.6. The van der Waals surface area contributed by atoms with Gasteiger partial charge < -0.3 is 14.8 Å². The number of rotatable bonds is 6. The first-order valence-corrected chi connectivity index (χ1v) is 6.79. The Morgan fingerprint density at radius 1 is 1.00 bits per heavy atom. The van der Waals surface area contributed by atoms with Gasteiger partial charge in [-0.2, -0.15) is 0 Å². The molecule has 21 heavy (non-hydrogen) atoms. The average Bonchev–Trinajstić information content (AvgIpc) is 2.53. The van der Waals surface area contributed by atoms with Gasteiger partial charge in [-0.05, 0) is 30.2 Å². The number of methoxy groups -OCH3 is 2. The van der Waals surface area contributed by atoms with E-state index in [1.165, 1.54) is 0 Å². The fourth-order valence-electron chi connectivity index (χ4n) is 2.14. The highest BCUT2D eigenvalue weighted by Gasteiger charge is 2.11. The molecule has 0 fully saturated rings. The normalized spacial score (nSPS) is 10.0. The van der Waals surface area contributed by atoms with Crippen molar-refractivity contribution in [1.29, 1.82) is 0 Å². The maximum Gasteiger partial charge on any atom is 0.224 e. The van der Waals surface area contributed by atoms with Crippen LogP contribution in [0, 0.1) is 0 Å². The molecule has 0 aliphatic rings. The number of aryl methyl sites for hydroxylation is 1. The molecule has 1 amide bonds. The van der Waals surface area contributed by atoms with Crippen molar-refractivity contribution in [3.63, 3.8) is 0 Å². The molecule has 0 atom stereocenters. The SMILES string of the molecule is COc1cccc(CCC(=O)Nc2ccccc2)c1OC. The first kappa shape index (κ1) is 14.9. The lowest BCUT2D eigenvalue weighted by molar-refractivity contribution is -0.116. The molecule has 0 aromatic heterocycles. The number of hydrogen-bond acceptors (Lipinski definition) is 3. The zero-order valence-corrected chi connectivity index (χ0v) is 12.3. The minimum atomic E-state index is -0.0222. The number of para-hydroxylation sites is 2. The predicted octanol–water partition coefficient (Wildman–Crippen LogP) is 3.28. The molecule has 0 bridgehead atoms. The molecule has 0 saturated heterocycles. The van der Waals surface area contributed by atoms with Crippen molar-refractivity contribution >= 4 is 11.6 Å². The summed E-state index contributed by atoms with van der Waals surface area (Å²) in [6, 6.07) is 15.1. The molecule has 0 aliphatic carbocycles. The van der Waals surface area contributed by atoms with Crippen LogP contribution in [-0.4, -0.2) is 20.1 Å². The highest BCUT2D eigenvalue weighted by Crippen LogP contribution is 2.31. The Morgan fingerprint density at radius 2 is 1.76 bits per heavy atom. The first-order valence-electron chi connectivity index (χ1n) is 6.79. The molecular weight excluding hydrogens is 266 g/mol. The number of hydrogen-bond donors (Lipinski definition) is 1. The molecule has 0 heterocycles. The standard InChI is InChI=1S/C17H19NO3/c1-20-15-10-6-7-13(17(15)21-2)11-12-16(19)18-14-8-4-3-5-9-14/h3-10H,11-12H2,1-2H3,(H,18,19). The fourth-order valence-corrected chi connectivity index (χ4v) is 2.14. The van der Waals surface area contributed by atoms with Gasteiger partial charge in [0.05, 0.1) is 14.2 Å². The lowest BCUT2D eigenvalue weighted by Gasteiger charge is -2.12.